The quantitative estimate of drug-likeness (QED) is 0.200. The van der Waals surface area contributed by atoms with Gasteiger partial charge in [-0.2, -0.15) is 5.10 Å². The van der Waals surface area contributed by atoms with Crippen LogP contribution in [0.4, 0.5) is 10.1 Å². The summed E-state index contributed by atoms with van der Waals surface area (Å²) in [6.07, 6.45) is 7.04. The van der Waals surface area contributed by atoms with Crippen LogP contribution in [0.1, 0.15) is 19.4 Å². The molecule has 5 N–H and O–H groups in total. The Morgan fingerprint density at radius 1 is 0.951 bits per heavy atom. The van der Waals surface area contributed by atoms with E-state index >= 15 is 0 Å². The maximum absolute atomic E-state index is 14.6. The molecule has 0 saturated heterocycles. The Hall–Kier alpha value is -4.68. The number of aromatic nitrogens is 6. The van der Waals surface area contributed by atoms with E-state index in [2.05, 4.69) is 49.3 Å². The molecule has 208 valence electrons. The summed E-state index contributed by atoms with van der Waals surface area (Å²) in [6.45, 7) is 4.13. The van der Waals surface area contributed by atoms with Crippen LogP contribution in [0.2, 0.25) is 0 Å². The first-order valence-corrected chi connectivity index (χ1v) is 14.7. The minimum atomic E-state index is -3.68. The van der Waals surface area contributed by atoms with Crippen LogP contribution in [0.25, 0.3) is 55.7 Å². The molecule has 10 nitrogen and oxygen atoms in total. The fourth-order valence-corrected chi connectivity index (χ4v) is 5.40. The average molecular weight is 571 g/mol. The van der Waals surface area contributed by atoms with Gasteiger partial charge in [0, 0.05) is 52.0 Å². The Morgan fingerprint density at radius 3 is 2.59 bits per heavy atom. The first-order valence-electron chi connectivity index (χ1n) is 13.0. The predicted octanol–water partition coefficient (Wildman–Crippen LogP) is 5.02. The summed E-state index contributed by atoms with van der Waals surface area (Å²) in [5.74, 6) is -0.763. The van der Waals surface area contributed by atoms with Gasteiger partial charge in [-0.05, 0) is 68.3 Å². The smallest absolute Gasteiger partial charge is 0.209 e. The summed E-state index contributed by atoms with van der Waals surface area (Å²) in [6, 6.07) is 12.4. The second kappa shape index (κ2) is 10.4. The van der Waals surface area contributed by atoms with Crippen LogP contribution in [0.3, 0.4) is 0 Å². The number of sulfonamides is 1. The number of primary sulfonamides is 1. The molecule has 41 heavy (non-hydrogen) atoms. The third-order valence-electron chi connectivity index (χ3n) is 6.65. The minimum Gasteiger partial charge on any atom is -0.382 e. The molecule has 0 spiro atoms. The number of rotatable bonds is 8. The van der Waals surface area contributed by atoms with Gasteiger partial charge in [-0.3, -0.25) is 20.1 Å². The topological polar surface area (TPSA) is 155 Å². The molecular formula is C29H27FN8O2S. The van der Waals surface area contributed by atoms with Gasteiger partial charge in [0.25, 0.3) is 0 Å². The molecule has 5 heterocycles. The van der Waals surface area contributed by atoms with Crippen molar-refractivity contribution in [3.63, 3.8) is 0 Å². The first-order chi connectivity index (χ1) is 19.6. The number of hydrogen-bond donors (Lipinski definition) is 4. The molecule has 0 aliphatic rings. The fourth-order valence-electron chi connectivity index (χ4n) is 4.88. The normalized spacial score (nSPS) is 12.0. The third-order valence-corrected chi connectivity index (χ3v) is 7.42. The van der Waals surface area contributed by atoms with Gasteiger partial charge in [-0.15, -0.1) is 0 Å². The first kappa shape index (κ1) is 26.5. The molecule has 0 bridgehead atoms. The van der Waals surface area contributed by atoms with Crippen molar-refractivity contribution >= 4 is 37.5 Å². The summed E-state index contributed by atoms with van der Waals surface area (Å²) < 4.78 is 37.4. The van der Waals surface area contributed by atoms with Gasteiger partial charge in [0.05, 0.1) is 40.2 Å². The van der Waals surface area contributed by atoms with Gasteiger partial charge in [0.15, 0.2) is 0 Å². The predicted molar refractivity (Wildman–Crippen MR) is 158 cm³/mol. The Bertz CT molecular complexity index is 2020. The zero-order valence-electron chi connectivity index (χ0n) is 22.3. The summed E-state index contributed by atoms with van der Waals surface area (Å²) in [7, 11) is -3.68. The number of fused-ring (bicyclic) bond motifs is 2. The van der Waals surface area contributed by atoms with E-state index < -0.39 is 15.8 Å². The van der Waals surface area contributed by atoms with Gasteiger partial charge >= 0.3 is 0 Å². The number of aryl methyl sites for hydroxylation is 1. The van der Waals surface area contributed by atoms with Gasteiger partial charge in [0.2, 0.25) is 10.0 Å². The molecular weight excluding hydrogens is 543 g/mol. The Kier molecular flexibility index (Phi) is 6.72. The lowest BCUT2D eigenvalue weighted by Gasteiger charge is -2.10. The van der Waals surface area contributed by atoms with Crippen molar-refractivity contribution in [1.29, 1.82) is 0 Å². The highest BCUT2D eigenvalue weighted by molar-refractivity contribution is 7.89. The second-order valence-corrected chi connectivity index (χ2v) is 12.0. The van der Waals surface area contributed by atoms with Crippen LogP contribution in [0.15, 0.2) is 67.3 Å². The van der Waals surface area contributed by atoms with E-state index in [9.17, 15) is 12.8 Å². The van der Waals surface area contributed by atoms with E-state index in [0.29, 0.717) is 22.5 Å². The molecule has 0 unspecified atom stereocenters. The van der Waals surface area contributed by atoms with Crippen molar-refractivity contribution in [2.75, 3.05) is 11.1 Å². The monoisotopic (exact) mass is 570 g/mol. The van der Waals surface area contributed by atoms with Crippen molar-refractivity contribution in [2.45, 2.75) is 26.3 Å². The molecule has 0 radical (unpaired) electrons. The molecule has 5 aromatic heterocycles. The van der Waals surface area contributed by atoms with E-state index in [1.807, 2.05) is 24.3 Å². The summed E-state index contributed by atoms with van der Waals surface area (Å²) in [4.78, 5) is 16.9. The zero-order valence-corrected chi connectivity index (χ0v) is 23.1. The van der Waals surface area contributed by atoms with Crippen molar-refractivity contribution < 1.29 is 12.8 Å². The number of halogens is 1. The van der Waals surface area contributed by atoms with Crippen molar-refractivity contribution in [1.82, 2.24) is 30.1 Å². The fraction of sp³-hybridized carbons (Fsp3) is 0.172. The summed E-state index contributed by atoms with van der Waals surface area (Å²) in [5.41, 5.74) is 7.16. The lowest BCUT2D eigenvalue weighted by Crippen LogP contribution is -2.18. The van der Waals surface area contributed by atoms with E-state index in [4.69, 9.17) is 5.14 Å². The molecule has 1 aromatic carbocycles. The number of nitrogens with two attached hydrogens (primary N) is 1. The van der Waals surface area contributed by atoms with Crippen LogP contribution in [0.5, 0.6) is 0 Å². The summed E-state index contributed by atoms with van der Waals surface area (Å²) in [5, 5.41) is 17.8. The molecule has 0 amide bonds. The molecule has 0 atom stereocenters. The largest absolute Gasteiger partial charge is 0.382 e. The number of H-pyrrole nitrogens is 2. The second-order valence-electron chi connectivity index (χ2n) is 10.2. The highest BCUT2D eigenvalue weighted by Crippen LogP contribution is 2.34. The molecule has 0 aliphatic heterocycles. The number of benzene rings is 1. The van der Waals surface area contributed by atoms with Crippen molar-refractivity contribution in [3.8, 4) is 33.9 Å². The number of aromatic amines is 2. The van der Waals surface area contributed by atoms with Gasteiger partial charge in [-0.1, -0.05) is 0 Å². The third kappa shape index (κ3) is 5.65. The Labute approximate surface area is 235 Å². The van der Waals surface area contributed by atoms with Crippen molar-refractivity contribution in [3.05, 3.63) is 78.6 Å². The Balaban J connectivity index is 1.40. The highest BCUT2D eigenvalue weighted by Gasteiger charge is 2.17. The molecule has 0 aliphatic carbocycles. The van der Waals surface area contributed by atoms with E-state index in [0.717, 1.165) is 44.4 Å². The van der Waals surface area contributed by atoms with E-state index in [1.165, 1.54) is 12.1 Å². The van der Waals surface area contributed by atoms with Gasteiger partial charge < -0.3 is 10.3 Å². The maximum Gasteiger partial charge on any atom is 0.209 e. The lowest BCUT2D eigenvalue weighted by atomic mass is 10.0. The summed E-state index contributed by atoms with van der Waals surface area (Å²) >= 11 is 0. The SMILES string of the molecule is CC(C)Nc1cncc(-c2cc3c(-c4cc5c(-c6cc(F)cc(CCS(N)(=O)=O)c6)nccc5[nH]4)n[nH]c3cn2)c1. The number of pyridine rings is 3. The molecule has 0 fully saturated rings. The number of nitrogens with one attached hydrogen (secondary N) is 3. The number of hydrogen-bond acceptors (Lipinski definition) is 7. The standard InChI is InChI=1S/C29H27FN8O2S/c1-16(2)35-21-10-19(13-32-14-21)25-11-23-27(15-34-25)37-38-29(23)26-12-22-24(36-26)3-5-33-28(22)18-7-17(8-20(30)9-18)4-6-41(31,39)40/h3,5,7-16,35-36H,4,6H2,1-2H3,(H,37,38)(H2,31,39,40). The van der Waals surface area contributed by atoms with E-state index in [1.54, 1.807) is 30.9 Å². The number of nitrogens with zero attached hydrogens (tertiary/aromatic N) is 4. The zero-order chi connectivity index (χ0) is 28.7. The van der Waals surface area contributed by atoms with Crippen LogP contribution in [-0.2, 0) is 16.4 Å². The van der Waals surface area contributed by atoms with E-state index in [-0.39, 0.29) is 18.2 Å². The molecule has 6 aromatic rings. The maximum atomic E-state index is 14.6. The molecule has 12 heteroatoms. The van der Waals surface area contributed by atoms with Gasteiger partial charge in [-0.25, -0.2) is 17.9 Å². The average Bonchev–Trinajstić information content (AvgIpc) is 3.54. The molecule has 6 rings (SSSR count). The minimum absolute atomic E-state index is 0.0968. The van der Waals surface area contributed by atoms with Crippen LogP contribution in [-0.4, -0.2) is 50.3 Å². The lowest BCUT2D eigenvalue weighted by molar-refractivity contribution is 0.596. The highest BCUT2D eigenvalue weighted by atomic mass is 32.2. The Morgan fingerprint density at radius 2 is 1.78 bits per heavy atom. The number of anilines is 1. The van der Waals surface area contributed by atoms with Crippen molar-refractivity contribution in [2.24, 2.45) is 5.14 Å². The van der Waals surface area contributed by atoms with Crippen LogP contribution < -0.4 is 10.5 Å². The molecule has 0 saturated carbocycles. The van der Waals surface area contributed by atoms with Crippen LogP contribution >= 0.6 is 0 Å². The van der Waals surface area contributed by atoms with Gasteiger partial charge in [0.1, 0.15) is 11.5 Å². The van der Waals surface area contributed by atoms with Crippen LogP contribution in [0, 0.1) is 5.82 Å².